The van der Waals surface area contributed by atoms with Gasteiger partial charge in [0.1, 0.15) is 0 Å². The first-order valence-electron chi connectivity index (χ1n) is 11.2. The maximum Gasteiger partial charge on any atom is 0.226 e. The first-order valence-corrected chi connectivity index (χ1v) is 11.2. The molecule has 3 nitrogen and oxygen atoms in total. The van der Waals surface area contributed by atoms with Crippen LogP contribution < -0.4 is 5.32 Å². The molecular formula is C23H36N2O. The number of carbonyl (C=O) groups is 1. The Morgan fingerprint density at radius 3 is 2.58 bits per heavy atom. The van der Waals surface area contributed by atoms with Gasteiger partial charge in [-0.1, -0.05) is 25.5 Å². The number of hydrogen-bond acceptors (Lipinski definition) is 2. The summed E-state index contributed by atoms with van der Waals surface area (Å²) < 4.78 is 0. The van der Waals surface area contributed by atoms with Gasteiger partial charge in [0, 0.05) is 18.0 Å². The quantitative estimate of drug-likeness (QED) is 0.716. The largest absolute Gasteiger partial charge is 0.356 e. The number of carbonyl (C=O) groups excluding carboxylic acids is 1. The first-order chi connectivity index (χ1) is 12.5. The van der Waals surface area contributed by atoms with Crippen LogP contribution in [0.1, 0.15) is 71.6 Å². The van der Waals surface area contributed by atoms with Crippen LogP contribution in [0.15, 0.2) is 11.6 Å². The van der Waals surface area contributed by atoms with E-state index in [0.29, 0.717) is 17.2 Å². The third-order valence-corrected chi connectivity index (χ3v) is 9.38. The molecule has 1 amide bonds. The van der Waals surface area contributed by atoms with Crippen LogP contribution in [0.5, 0.6) is 0 Å². The van der Waals surface area contributed by atoms with Crippen molar-refractivity contribution in [2.45, 2.75) is 77.7 Å². The second kappa shape index (κ2) is 6.09. The number of hydrogen-bond donors (Lipinski definition) is 1. The summed E-state index contributed by atoms with van der Waals surface area (Å²) in [6, 6.07) is 0.808. The maximum atomic E-state index is 12.6. The van der Waals surface area contributed by atoms with E-state index in [1.165, 1.54) is 64.5 Å². The van der Waals surface area contributed by atoms with Gasteiger partial charge in [-0.25, -0.2) is 0 Å². The molecule has 2 saturated heterocycles. The molecule has 5 aliphatic rings. The van der Waals surface area contributed by atoms with Crippen molar-refractivity contribution < 1.29 is 4.79 Å². The monoisotopic (exact) mass is 356 g/mol. The van der Waals surface area contributed by atoms with Crippen molar-refractivity contribution >= 4 is 5.91 Å². The molecule has 0 radical (unpaired) electrons. The number of nitrogens with zero attached hydrogens (tertiary/aromatic N) is 1. The molecule has 5 rings (SSSR count). The van der Waals surface area contributed by atoms with E-state index in [2.05, 4.69) is 30.1 Å². The zero-order valence-corrected chi connectivity index (χ0v) is 16.7. The summed E-state index contributed by atoms with van der Waals surface area (Å²) in [6.45, 7) is 8.40. The van der Waals surface area contributed by atoms with Crippen molar-refractivity contribution in [2.75, 3.05) is 19.6 Å². The molecule has 0 aromatic carbocycles. The normalized spacial score (nSPS) is 48.8. The number of likely N-dealkylation sites (tertiary alicyclic amines) is 1. The number of amides is 1. The van der Waals surface area contributed by atoms with Crippen LogP contribution in [-0.2, 0) is 4.79 Å². The second-order valence-corrected chi connectivity index (χ2v) is 10.4. The van der Waals surface area contributed by atoms with Crippen molar-refractivity contribution in [3.8, 4) is 0 Å². The fraction of sp³-hybridized carbons (Fsp3) is 0.870. The third-order valence-electron chi connectivity index (χ3n) is 9.38. The molecule has 0 bridgehead atoms. The predicted octanol–water partition coefficient (Wildman–Crippen LogP) is 4.14. The van der Waals surface area contributed by atoms with Gasteiger partial charge in [-0.05, 0) is 94.0 Å². The Morgan fingerprint density at radius 2 is 1.77 bits per heavy atom. The molecule has 0 unspecified atom stereocenters. The fourth-order valence-electron chi connectivity index (χ4n) is 7.74. The number of fused-ring (bicyclic) bond motifs is 5. The van der Waals surface area contributed by atoms with Crippen LogP contribution in [0.2, 0.25) is 0 Å². The average molecular weight is 357 g/mol. The minimum atomic E-state index is -0.103. The molecule has 0 spiro atoms. The third kappa shape index (κ3) is 2.38. The van der Waals surface area contributed by atoms with Crippen LogP contribution in [0, 0.1) is 28.6 Å². The van der Waals surface area contributed by atoms with E-state index in [1.807, 2.05) is 0 Å². The molecule has 1 N–H and O–H groups in total. The topological polar surface area (TPSA) is 32.3 Å². The molecule has 3 heteroatoms. The number of nitrogens with one attached hydrogen (secondary N) is 1. The Labute approximate surface area is 159 Å². The van der Waals surface area contributed by atoms with E-state index in [1.54, 1.807) is 5.57 Å². The zero-order chi connectivity index (χ0) is 17.9. The van der Waals surface area contributed by atoms with Gasteiger partial charge < -0.3 is 10.2 Å². The van der Waals surface area contributed by atoms with Crippen LogP contribution in [0.25, 0.3) is 0 Å². The highest BCUT2D eigenvalue weighted by Crippen LogP contribution is 2.62. The molecule has 3 aliphatic carbocycles. The lowest BCUT2D eigenvalue weighted by atomic mass is 9.46. The molecule has 0 aromatic rings. The zero-order valence-electron chi connectivity index (χ0n) is 16.7. The Hall–Kier alpha value is -0.830. The molecule has 0 aromatic heterocycles. The summed E-state index contributed by atoms with van der Waals surface area (Å²) in [7, 11) is 0. The Kier molecular flexibility index (Phi) is 4.05. The predicted molar refractivity (Wildman–Crippen MR) is 105 cm³/mol. The van der Waals surface area contributed by atoms with Crippen molar-refractivity contribution in [3.05, 3.63) is 11.6 Å². The van der Waals surface area contributed by atoms with Crippen molar-refractivity contribution in [1.29, 1.82) is 0 Å². The summed E-state index contributed by atoms with van der Waals surface area (Å²) in [5.41, 5.74) is 2.09. The summed E-state index contributed by atoms with van der Waals surface area (Å²) in [6.07, 6.45) is 14.3. The van der Waals surface area contributed by atoms with E-state index < -0.39 is 0 Å². The number of piperidine rings is 1. The van der Waals surface area contributed by atoms with Gasteiger partial charge in [-0.15, -0.1) is 0 Å². The van der Waals surface area contributed by atoms with Crippen LogP contribution in [-0.4, -0.2) is 36.5 Å². The molecular weight excluding hydrogens is 320 g/mol. The molecule has 2 heterocycles. The van der Waals surface area contributed by atoms with E-state index in [4.69, 9.17) is 0 Å². The SMILES string of the molecule is C[C@]12CC[C@H](N3CCCC3)CC1=CC[C@@H]1[C@@H]2CC[C@]2(C)C(=O)NCC[C@@H]12. The summed E-state index contributed by atoms with van der Waals surface area (Å²) >= 11 is 0. The van der Waals surface area contributed by atoms with Gasteiger partial charge in [0.05, 0.1) is 0 Å². The van der Waals surface area contributed by atoms with Crippen molar-refractivity contribution in [2.24, 2.45) is 28.6 Å². The Morgan fingerprint density at radius 1 is 1.04 bits per heavy atom. The van der Waals surface area contributed by atoms with Crippen LogP contribution >= 0.6 is 0 Å². The van der Waals surface area contributed by atoms with Crippen LogP contribution in [0.3, 0.4) is 0 Å². The van der Waals surface area contributed by atoms with Gasteiger partial charge in [0.25, 0.3) is 0 Å². The van der Waals surface area contributed by atoms with E-state index in [9.17, 15) is 4.79 Å². The molecule has 2 saturated carbocycles. The summed E-state index contributed by atoms with van der Waals surface area (Å²) in [5.74, 6) is 2.48. The smallest absolute Gasteiger partial charge is 0.226 e. The van der Waals surface area contributed by atoms with E-state index in [0.717, 1.165) is 30.8 Å². The van der Waals surface area contributed by atoms with Gasteiger partial charge in [-0.2, -0.15) is 0 Å². The molecule has 144 valence electrons. The summed E-state index contributed by atoms with van der Waals surface area (Å²) in [4.78, 5) is 15.4. The first kappa shape index (κ1) is 17.3. The summed E-state index contributed by atoms with van der Waals surface area (Å²) in [5, 5.41) is 3.16. The average Bonchev–Trinajstić information content (AvgIpc) is 3.16. The minimum absolute atomic E-state index is 0.103. The number of rotatable bonds is 1. The van der Waals surface area contributed by atoms with Gasteiger partial charge in [0.15, 0.2) is 0 Å². The highest BCUT2D eigenvalue weighted by atomic mass is 16.2. The fourth-order valence-corrected chi connectivity index (χ4v) is 7.74. The second-order valence-electron chi connectivity index (χ2n) is 10.4. The lowest BCUT2D eigenvalue weighted by Crippen LogP contribution is -2.58. The lowest BCUT2D eigenvalue weighted by Gasteiger charge is -2.59. The molecule has 2 aliphatic heterocycles. The minimum Gasteiger partial charge on any atom is -0.356 e. The molecule has 6 atom stereocenters. The Bertz CT molecular complexity index is 622. The maximum absolute atomic E-state index is 12.6. The standard InChI is InChI=1S/C23H36N2O/c1-22-10-7-17(25-13-3-4-14-25)15-16(22)5-6-18-19(22)8-11-23(2)20(18)9-12-24-21(23)26/h5,17-20H,3-4,6-15H2,1-2H3,(H,24,26)/t17-,18+,19-,20-,22-,23-/m0/s1. The molecule has 4 fully saturated rings. The Balaban J connectivity index is 1.41. The van der Waals surface area contributed by atoms with E-state index in [-0.39, 0.29) is 5.41 Å². The highest BCUT2D eigenvalue weighted by molar-refractivity contribution is 5.83. The van der Waals surface area contributed by atoms with Crippen LogP contribution in [0.4, 0.5) is 0 Å². The molecule has 26 heavy (non-hydrogen) atoms. The lowest BCUT2D eigenvalue weighted by molar-refractivity contribution is -0.147. The van der Waals surface area contributed by atoms with Gasteiger partial charge >= 0.3 is 0 Å². The number of allylic oxidation sites excluding steroid dienone is 1. The highest BCUT2D eigenvalue weighted by Gasteiger charge is 2.57. The van der Waals surface area contributed by atoms with Gasteiger partial charge in [0.2, 0.25) is 5.91 Å². The van der Waals surface area contributed by atoms with Crippen molar-refractivity contribution in [3.63, 3.8) is 0 Å². The van der Waals surface area contributed by atoms with E-state index >= 15 is 0 Å². The van der Waals surface area contributed by atoms with Crippen molar-refractivity contribution in [1.82, 2.24) is 10.2 Å². The van der Waals surface area contributed by atoms with Gasteiger partial charge in [-0.3, -0.25) is 4.79 Å².